The molecule has 2 nitrogen and oxygen atoms in total. The molecule has 0 saturated carbocycles. The fourth-order valence-corrected chi connectivity index (χ4v) is 0.393. The van der Waals surface area contributed by atoms with Crippen LogP contribution in [0.2, 0.25) is 0 Å². The Morgan fingerprint density at radius 1 is 1.67 bits per heavy atom. The molecule has 3 heteroatoms. The van der Waals surface area contributed by atoms with Gasteiger partial charge >= 0.3 is 35.5 Å². The molecule has 0 unspecified atom stereocenters. The van der Waals surface area contributed by atoms with Crippen LogP contribution >= 0.6 is 0 Å². The van der Waals surface area contributed by atoms with Gasteiger partial charge in [0.1, 0.15) is 0 Å². The summed E-state index contributed by atoms with van der Waals surface area (Å²) in [5.74, 6) is -0.827. The van der Waals surface area contributed by atoms with Crippen molar-refractivity contribution in [2.75, 3.05) is 0 Å². The average molecular weight is 138 g/mol. The van der Waals surface area contributed by atoms with Crippen LogP contribution in [-0.4, -0.2) is 40.6 Å². The number of hydrogen-bond acceptors (Lipinski definition) is 1. The average Bonchev–Trinajstić information content (AvgIpc) is 1.67. The summed E-state index contributed by atoms with van der Waals surface area (Å²) in [5, 5.41) is 8.24. The van der Waals surface area contributed by atoms with E-state index in [0.29, 0.717) is 5.57 Å². The van der Waals surface area contributed by atoms with Gasteiger partial charge in [0.2, 0.25) is 0 Å². The van der Waals surface area contributed by atoms with Crippen LogP contribution in [0.3, 0.4) is 0 Å². The van der Waals surface area contributed by atoms with E-state index in [2.05, 4.69) is 0 Å². The Bertz CT molecular complexity index is 118. The van der Waals surface area contributed by atoms with Gasteiger partial charge in [0, 0.05) is 5.57 Å². The Labute approximate surface area is 77.2 Å². The number of carboxylic acid groups (broad SMARTS) is 1. The Morgan fingerprint density at radius 3 is 2.22 bits per heavy atom. The van der Waals surface area contributed by atoms with E-state index in [-0.39, 0.29) is 29.6 Å². The van der Waals surface area contributed by atoms with E-state index in [4.69, 9.17) is 5.11 Å². The molecule has 1 N–H and O–H groups in total. The maximum atomic E-state index is 10.0. The predicted octanol–water partition coefficient (Wildman–Crippen LogP) is 0.779. The van der Waals surface area contributed by atoms with Crippen molar-refractivity contribution in [3.8, 4) is 0 Å². The Balaban J connectivity index is 0. The van der Waals surface area contributed by atoms with Gasteiger partial charge < -0.3 is 5.11 Å². The maximum absolute atomic E-state index is 10.0. The van der Waals surface area contributed by atoms with Gasteiger partial charge in [-0.25, -0.2) is 4.79 Å². The molecule has 0 aliphatic heterocycles. The molecule has 0 saturated heterocycles. The number of aliphatic carboxylic acids is 1. The molecule has 0 radical (unpaired) electrons. The van der Waals surface area contributed by atoms with E-state index in [1.807, 2.05) is 6.92 Å². The van der Waals surface area contributed by atoms with Crippen LogP contribution in [0.4, 0.5) is 0 Å². The van der Waals surface area contributed by atoms with Gasteiger partial charge in [-0.1, -0.05) is 13.0 Å². The van der Waals surface area contributed by atoms with Gasteiger partial charge in [-0.3, -0.25) is 0 Å². The second-order valence-corrected chi connectivity index (χ2v) is 1.60. The van der Waals surface area contributed by atoms with Crippen LogP contribution in [0.25, 0.3) is 0 Å². The fraction of sp³-hybridized carbons (Fsp3) is 0.500. The zero-order valence-corrected chi connectivity index (χ0v) is 5.14. The van der Waals surface area contributed by atoms with Crippen LogP contribution < -0.4 is 0 Å². The number of allylic oxidation sites excluding steroid dienone is 1. The first-order valence-corrected chi connectivity index (χ1v) is 2.58. The van der Waals surface area contributed by atoms with Crippen molar-refractivity contribution in [3.05, 3.63) is 11.6 Å². The summed E-state index contributed by atoms with van der Waals surface area (Å²) in [5.41, 5.74) is 0.424. The van der Waals surface area contributed by atoms with Gasteiger partial charge in [-0.05, 0) is 13.3 Å². The summed E-state index contributed by atoms with van der Waals surface area (Å²) in [6.07, 6.45) is 2.47. The molecule has 0 bridgehead atoms. The molecule has 0 fully saturated rings. The summed E-state index contributed by atoms with van der Waals surface area (Å²) in [7, 11) is 0. The molecule has 0 aromatic heterocycles. The molecule has 0 atom stereocenters. The molecule has 9 heavy (non-hydrogen) atoms. The van der Waals surface area contributed by atoms with Crippen molar-refractivity contribution in [2.24, 2.45) is 0 Å². The first kappa shape index (κ1) is 11.9. The van der Waals surface area contributed by atoms with E-state index < -0.39 is 5.97 Å². The first-order chi connectivity index (χ1) is 3.68. The van der Waals surface area contributed by atoms with Crippen LogP contribution in [0.5, 0.6) is 0 Å². The quantitative estimate of drug-likeness (QED) is 0.452. The molecule has 0 spiro atoms. The third-order valence-electron chi connectivity index (χ3n) is 0.848. The van der Waals surface area contributed by atoms with E-state index in [9.17, 15) is 4.79 Å². The van der Waals surface area contributed by atoms with Gasteiger partial charge in [0.15, 0.2) is 0 Å². The number of hydrogen-bond donors (Lipinski definition) is 1. The van der Waals surface area contributed by atoms with Crippen molar-refractivity contribution in [2.45, 2.75) is 20.3 Å². The molecule has 0 amide bonds. The van der Waals surface area contributed by atoms with Crippen LogP contribution in [0, 0.1) is 0 Å². The second-order valence-electron chi connectivity index (χ2n) is 1.60. The number of carboxylic acids is 1. The summed E-state index contributed by atoms with van der Waals surface area (Å²) < 4.78 is 0. The van der Waals surface area contributed by atoms with Crippen molar-refractivity contribution in [1.29, 1.82) is 0 Å². The Morgan fingerprint density at radius 2 is 2.11 bits per heavy atom. The van der Waals surface area contributed by atoms with Gasteiger partial charge in [0.25, 0.3) is 0 Å². The summed E-state index contributed by atoms with van der Waals surface area (Å²) in [6, 6.07) is 0. The molecule has 0 heterocycles. The van der Waals surface area contributed by atoms with E-state index in [0.717, 1.165) is 6.42 Å². The molecule has 0 aromatic rings. The van der Waals surface area contributed by atoms with Gasteiger partial charge in [-0.2, -0.15) is 0 Å². The van der Waals surface area contributed by atoms with Crippen molar-refractivity contribution < 1.29 is 9.90 Å². The van der Waals surface area contributed by atoms with Gasteiger partial charge in [-0.15, -0.1) is 0 Å². The Hall–Kier alpha value is 0.210. The second kappa shape index (κ2) is 6.33. The summed E-state index contributed by atoms with van der Waals surface area (Å²) >= 11 is 0. The van der Waals surface area contributed by atoms with Crippen molar-refractivity contribution in [3.63, 3.8) is 0 Å². The molecular weight excluding hydrogens is 127 g/mol. The first-order valence-electron chi connectivity index (χ1n) is 2.58. The molecule has 0 rings (SSSR count). The van der Waals surface area contributed by atoms with Crippen molar-refractivity contribution in [1.82, 2.24) is 0 Å². The van der Waals surface area contributed by atoms with Crippen LogP contribution in [0.1, 0.15) is 20.3 Å². The normalized spacial score (nSPS) is 10.2. The SMILES string of the molecule is CCC=C(C)C(=O)O.[NaH]. The number of carbonyl (C=O) groups is 1. The number of rotatable bonds is 2. The minimum atomic E-state index is -0.827. The fourth-order valence-electron chi connectivity index (χ4n) is 0.393. The molecule has 48 valence electrons. The van der Waals surface area contributed by atoms with Crippen LogP contribution in [0.15, 0.2) is 11.6 Å². The van der Waals surface area contributed by atoms with E-state index >= 15 is 0 Å². The van der Waals surface area contributed by atoms with E-state index in [1.165, 1.54) is 0 Å². The molecule has 0 aliphatic rings. The molecule has 0 aliphatic carbocycles. The third-order valence-corrected chi connectivity index (χ3v) is 0.848. The van der Waals surface area contributed by atoms with Crippen LogP contribution in [-0.2, 0) is 4.79 Å². The molecular formula is C6H11NaO2. The predicted molar refractivity (Wildman–Crippen MR) is 38.8 cm³/mol. The standard InChI is InChI=1S/C6H10O2.Na.H/c1-3-4-5(2)6(7)8;;/h4H,3H2,1-2H3,(H,7,8);;. The molecule has 0 aromatic carbocycles. The summed E-state index contributed by atoms with van der Waals surface area (Å²) in [4.78, 5) is 10.0. The zero-order chi connectivity index (χ0) is 6.57. The van der Waals surface area contributed by atoms with Gasteiger partial charge in [0.05, 0.1) is 0 Å². The monoisotopic (exact) mass is 138 g/mol. The minimum absolute atomic E-state index is 0. The Kier molecular flexibility index (Phi) is 8.40. The van der Waals surface area contributed by atoms with Crippen molar-refractivity contribution >= 4 is 35.5 Å². The third kappa shape index (κ3) is 6.09. The zero-order valence-electron chi connectivity index (χ0n) is 5.14. The topological polar surface area (TPSA) is 37.3 Å². The summed E-state index contributed by atoms with van der Waals surface area (Å²) in [6.45, 7) is 3.50. The van der Waals surface area contributed by atoms with E-state index in [1.54, 1.807) is 13.0 Å².